The van der Waals surface area contributed by atoms with E-state index in [4.69, 9.17) is 0 Å². The first kappa shape index (κ1) is 17.6. The van der Waals surface area contributed by atoms with E-state index in [9.17, 15) is 5.11 Å². The van der Waals surface area contributed by atoms with Crippen LogP contribution in [0.25, 0.3) is 10.9 Å². The van der Waals surface area contributed by atoms with Gasteiger partial charge in [0.25, 0.3) is 0 Å². The van der Waals surface area contributed by atoms with Crippen molar-refractivity contribution in [1.29, 1.82) is 0 Å². The van der Waals surface area contributed by atoms with E-state index in [2.05, 4.69) is 49.0 Å². The molecule has 146 valence electrons. The first-order valence-corrected chi connectivity index (χ1v) is 10.2. The molecule has 0 radical (unpaired) electrons. The zero-order valence-electron chi connectivity index (χ0n) is 16.3. The normalized spacial score (nSPS) is 22.4. The van der Waals surface area contributed by atoms with Crippen molar-refractivity contribution in [2.75, 3.05) is 18.0 Å². The Bertz CT molecular complexity index is 976. The summed E-state index contributed by atoms with van der Waals surface area (Å²) >= 11 is 0. The Labute approximate surface area is 165 Å². The maximum atomic E-state index is 10.8. The van der Waals surface area contributed by atoms with Crippen LogP contribution < -0.4 is 4.90 Å². The second-order valence-corrected chi connectivity index (χ2v) is 8.23. The minimum absolute atomic E-state index is 0.0750. The topological polar surface area (TPSA) is 68.3 Å². The van der Waals surface area contributed by atoms with Crippen LogP contribution in [0.5, 0.6) is 0 Å². The van der Waals surface area contributed by atoms with Gasteiger partial charge in [-0.15, -0.1) is 0 Å². The van der Waals surface area contributed by atoms with Crippen LogP contribution in [0.2, 0.25) is 0 Å². The molecular weight excluding hydrogens is 350 g/mol. The minimum atomic E-state index is -0.362. The predicted molar refractivity (Wildman–Crippen MR) is 110 cm³/mol. The summed E-state index contributed by atoms with van der Waals surface area (Å²) < 4.78 is 0. The summed E-state index contributed by atoms with van der Waals surface area (Å²) in [4.78, 5) is 16.9. The Kier molecular flexibility index (Phi) is 4.33. The summed E-state index contributed by atoms with van der Waals surface area (Å²) in [6, 6.07) is 8.53. The van der Waals surface area contributed by atoms with Crippen molar-refractivity contribution in [1.82, 2.24) is 19.9 Å². The molecule has 2 N–H and O–H groups in total. The van der Waals surface area contributed by atoms with Gasteiger partial charge >= 0.3 is 0 Å². The quantitative estimate of drug-likeness (QED) is 0.734. The number of aryl methyl sites for hydroxylation is 1. The van der Waals surface area contributed by atoms with Crippen molar-refractivity contribution >= 4 is 16.7 Å². The number of H-pyrrole nitrogens is 1. The lowest BCUT2D eigenvalue weighted by Crippen LogP contribution is -2.53. The van der Waals surface area contributed by atoms with Gasteiger partial charge in [-0.2, -0.15) is 0 Å². The highest BCUT2D eigenvalue weighted by atomic mass is 16.3. The van der Waals surface area contributed by atoms with Gasteiger partial charge in [-0.25, -0.2) is 4.98 Å². The predicted octanol–water partition coefficient (Wildman–Crippen LogP) is 3.22. The fourth-order valence-electron chi connectivity index (χ4n) is 5.05. The highest BCUT2D eigenvalue weighted by Crippen LogP contribution is 2.42. The molecule has 2 aliphatic rings. The molecule has 2 fully saturated rings. The number of nitrogens with zero attached hydrogens (tertiary/aromatic N) is 4. The summed E-state index contributed by atoms with van der Waals surface area (Å²) in [5, 5.41) is 12.0. The standard InChI is InChI=1S/C22H27N5O/c1-16-13-23-14-20(25-16)26-11-8-22(9-12-26)7-5-21(28)27(22)15-17-3-2-4-19-18(17)6-10-24-19/h2-4,6,10,13-14,21,24,28H,5,7-9,11-12,15H2,1H3. The third-order valence-electron chi connectivity index (χ3n) is 6.62. The van der Waals surface area contributed by atoms with Gasteiger partial charge in [0.1, 0.15) is 12.0 Å². The minimum Gasteiger partial charge on any atom is -0.378 e. The molecule has 4 heterocycles. The van der Waals surface area contributed by atoms with Crippen molar-refractivity contribution in [3.63, 3.8) is 0 Å². The molecule has 28 heavy (non-hydrogen) atoms. The maximum Gasteiger partial charge on any atom is 0.147 e. The molecular formula is C22H27N5O. The lowest BCUT2D eigenvalue weighted by molar-refractivity contribution is -0.0351. The zero-order valence-corrected chi connectivity index (χ0v) is 16.3. The number of fused-ring (bicyclic) bond motifs is 1. The van der Waals surface area contributed by atoms with Crippen LogP contribution in [0.3, 0.4) is 0 Å². The summed E-state index contributed by atoms with van der Waals surface area (Å²) in [6.45, 7) is 4.69. The van der Waals surface area contributed by atoms with Crippen molar-refractivity contribution in [3.05, 3.63) is 54.1 Å². The summed E-state index contributed by atoms with van der Waals surface area (Å²) in [5.41, 5.74) is 3.47. The number of aliphatic hydroxyl groups excluding tert-OH is 1. The molecule has 2 aromatic heterocycles. The second-order valence-electron chi connectivity index (χ2n) is 8.23. The fourth-order valence-corrected chi connectivity index (χ4v) is 5.05. The monoisotopic (exact) mass is 377 g/mol. The van der Waals surface area contributed by atoms with Crippen LogP contribution in [0.1, 0.15) is 36.9 Å². The Hall–Kier alpha value is -2.44. The van der Waals surface area contributed by atoms with E-state index in [0.717, 1.165) is 62.3 Å². The third-order valence-corrected chi connectivity index (χ3v) is 6.62. The van der Waals surface area contributed by atoms with Crippen LogP contribution in [0.15, 0.2) is 42.9 Å². The van der Waals surface area contributed by atoms with Crippen LogP contribution in [0.4, 0.5) is 5.82 Å². The molecule has 0 aliphatic carbocycles. The van der Waals surface area contributed by atoms with Gasteiger partial charge in [0, 0.05) is 48.5 Å². The largest absolute Gasteiger partial charge is 0.378 e. The molecule has 1 unspecified atom stereocenters. The van der Waals surface area contributed by atoms with E-state index < -0.39 is 0 Å². The number of hydrogen-bond donors (Lipinski definition) is 2. The van der Waals surface area contributed by atoms with Crippen molar-refractivity contribution < 1.29 is 5.11 Å². The second kappa shape index (κ2) is 6.87. The first-order chi connectivity index (χ1) is 13.6. The van der Waals surface area contributed by atoms with E-state index in [1.54, 1.807) is 6.20 Å². The lowest BCUT2D eigenvalue weighted by Gasteiger charge is -2.46. The first-order valence-electron chi connectivity index (χ1n) is 10.2. The number of anilines is 1. The Morgan fingerprint density at radius 3 is 2.86 bits per heavy atom. The molecule has 0 saturated carbocycles. The van der Waals surface area contributed by atoms with Crippen molar-refractivity contribution in [3.8, 4) is 0 Å². The molecule has 1 atom stereocenters. The molecule has 6 heteroatoms. The lowest BCUT2D eigenvalue weighted by atomic mass is 9.84. The van der Waals surface area contributed by atoms with Crippen LogP contribution >= 0.6 is 0 Å². The maximum absolute atomic E-state index is 10.8. The van der Waals surface area contributed by atoms with Gasteiger partial charge in [0.2, 0.25) is 0 Å². The number of likely N-dealkylation sites (tertiary alicyclic amines) is 1. The van der Waals surface area contributed by atoms with Crippen molar-refractivity contribution in [2.24, 2.45) is 0 Å². The van der Waals surface area contributed by atoms with E-state index in [0.29, 0.717) is 0 Å². The number of nitrogens with one attached hydrogen (secondary N) is 1. The summed E-state index contributed by atoms with van der Waals surface area (Å²) in [7, 11) is 0. The van der Waals surface area contributed by atoms with E-state index in [1.165, 1.54) is 10.9 Å². The van der Waals surface area contributed by atoms with E-state index >= 15 is 0 Å². The SMILES string of the molecule is Cc1cncc(N2CCC3(CCC(O)N3Cc3cccc4[nH]ccc34)CC2)n1. The molecule has 3 aromatic rings. The highest BCUT2D eigenvalue weighted by Gasteiger charge is 2.47. The number of piperidine rings is 1. The number of aliphatic hydroxyl groups is 1. The third kappa shape index (κ3) is 2.97. The fraction of sp³-hybridized carbons (Fsp3) is 0.455. The molecule has 1 spiro atoms. The highest BCUT2D eigenvalue weighted by molar-refractivity contribution is 5.82. The van der Waals surface area contributed by atoms with Crippen LogP contribution in [-0.4, -0.2) is 49.8 Å². The average molecular weight is 377 g/mol. The number of aromatic nitrogens is 3. The van der Waals surface area contributed by atoms with E-state index in [1.807, 2.05) is 19.3 Å². The molecule has 0 bridgehead atoms. The van der Waals surface area contributed by atoms with Crippen LogP contribution in [0, 0.1) is 6.92 Å². The van der Waals surface area contributed by atoms with E-state index in [-0.39, 0.29) is 11.8 Å². The Balaban J connectivity index is 1.37. The Morgan fingerprint density at radius 2 is 2.04 bits per heavy atom. The average Bonchev–Trinajstić information content (AvgIpc) is 3.30. The molecule has 2 saturated heterocycles. The van der Waals surface area contributed by atoms with Gasteiger partial charge in [-0.3, -0.25) is 9.88 Å². The van der Waals surface area contributed by atoms with Gasteiger partial charge in [-0.1, -0.05) is 12.1 Å². The number of aromatic amines is 1. The molecule has 6 nitrogen and oxygen atoms in total. The van der Waals surface area contributed by atoms with Crippen LogP contribution in [-0.2, 0) is 6.54 Å². The summed E-state index contributed by atoms with van der Waals surface area (Å²) in [5.74, 6) is 0.969. The van der Waals surface area contributed by atoms with Gasteiger partial charge in [0.05, 0.1) is 11.9 Å². The smallest absolute Gasteiger partial charge is 0.147 e. The number of benzene rings is 1. The Morgan fingerprint density at radius 1 is 1.18 bits per heavy atom. The molecule has 2 aliphatic heterocycles. The summed E-state index contributed by atoms with van der Waals surface area (Å²) in [6.07, 6.45) is 9.29. The number of hydrogen-bond acceptors (Lipinski definition) is 5. The molecule has 1 aromatic carbocycles. The molecule has 0 amide bonds. The van der Waals surface area contributed by atoms with Gasteiger partial charge < -0.3 is 15.0 Å². The van der Waals surface area contributed by atoms with Crippen molar-refractivity contribution in [2.45, 2.75) is 50.9 Å². The van der Waals surface area contributed by atoms with Gasteiger partial charge in [0.15, 0.2) is 0 Å². The number of rotatable bonds is 3. The molecule has 5 rings (SSSR count). The zero-order chi connectivity index (χ0) is 19.1. The van der Waals surface area contributed by atoms with Gasteiger partial charge in [-0.05, 0) is 50.3 Å².